The summed E-state index contributed by atoms with van der Waals surface area (Å²) in [4.78, 5) is 24.0. The van der Waals surface area contributed by atoms with E-state index in [1.807, 2.05) is 24.3 Å². The van der Waals surface area contributed by atoms with Crippen LogP contribution < -0.4 is 19.5 Å². The molecule has 2 aromatic rings. The van der Waals surface area contributed by atoms with E-state index in [0.29, 0.717) is 22.7 Å². The molecule has 0 aromatic heterocycles. The zero-order valence-corrected chi connectivity index (χ0v) is 13.9. The molecule has 0 atom stereocenters. The van der Waals surface area contributed by atoms with Gasteiger partial charge in [-0.25, -0.2) is 0 Å². The molecule has 0 saturated carbocycles. The summed E-state index contributed by atoms with van der Waals surface area (Å²) in [6.07, 6.45) is 3.07. The smallest absolute Gasteiger partial charge is 0.248 e. The Hall–Kier alpha value is -3.28. The Labute approximate surface area is 145 Å². The lowest BCUT2D eigenvalue weighted by molar-refractivity contribution is -0.111. The van der Waals surface area contributed by atoms with E-state index in [2.05, 4.69) is 5.32 Å². The molecule has 0 unspecified atom stereocenters. The fourth-order valence-corrected chi connectivity index (χ4v) is 2.40. The molecule has 1 aliphatic rings. The Morgan fingerprint density at radius 2 is 1.80 bits per heavy atom. The van der Waals surface area contributed by atoms with Crippen LogP contribution in [0.4, 0.5) is 5.69 Å². The average molecular weight is 339 g/mol. The summed E-state index contributed by atoms with van der Waals surface area (Å²) in [5.41, 5.74) is 1.62. The Morgan fingerprint density at radius 1 is 1.12 bits per heavy atom. The molecule has 0 saturated heterocycles. The molecule has 0 radical (unpaired) electrons. The van der Waals surface area contributed by atoms with E-state index < -0.39 is 0 Å². The summed E-state index contributed by atoms with van der Waals surface area (Å²) < 4.78 is 15.6. The molecule has 0 fully saturated rings. The molecule has 6 heteroatoms. The van der Waals surface area contributed by atoms with Gasteiger partial charge in [-0.05, 0) is 36.8 Å². The Balaban J connectivity index is 1.76. The van der Waals surface area contributed by atoms with Gasteiger partial charge in [0.2, 0.25) is 12.7 Å². The largest absolute Gasteiger partial charge is 0.497 e. The van der Waals surface area contributed by atoms with Crippen LogP contribution in [0.2, 0.25) is 0 Å². The van der Waals surface area contributed by atoms with Gasteiger partial charge in [0.15, 0.2) is 17.3 Å². The maximum Gasteiger partial charge on any atom is 0.248 e. The number of anilines is 1. The van der Waals surface area contributed by atoms with Crippen LogP contribution in [0, 0.1) is 0 Å². The molecular formula is C19H17NO5. The van der Waals surface area contributed by atoms with Crippen LogP contribution >= 0.6 is 0 Å². The van der Waals surface area contributed by atoms with E-state index in [4.69, 9.17) is 14.2 Å². The minimum atomic E-state index is -0.350. The standard InChI is InChI=1S/C19H17NO5/c1-12(21)15-9-17-18(25-11-24-17)10-16(15)20-19(22)8-5-13-3-6-14(23-2)7-4-13/h3-10H,11H2,1-2H3,(H,20,22). The number of amides is 1. The van der Waals surface area contributed by atoms with Crippen molar-refractivity contribution >= 4 is 23.5 Å². The molecule has 1 amide bonds. The maximum atomic E-state index is 12.2. The van der Waals surface area contributed by atoms with Gasteiger partial charge in [-0.1, -0.05) is 12.1 Å². The lowest BCUT2D eigenvalue weighted by Gasteiger charge is -2.09. The molecule has 1 heterocycles. The van der Waals surface area contributed by atoms with Gasteiger partial charge in [-0.15, -0.1) is 0 Å². The summed E-state index contributed by atoms with van der Waals surface area (Å²) in [6.45, 7) is 1.53. The number of methoxy groups -OCH3 is 1. The number of rotatable bonds is 5. The number of hydrogen-bond donors (Lipinski definition) is 1. The molecule has 3 rings (SSSR count). The number of fused-ring (bicyclic) bond motifs is 1. The number of hydrogen-bond acceptors (Lipinski definition) is 5. The second-order valence-corrected chi connectivity index (χ2v) is 5.40. The van der Waals surface area contributed by atoms with Gasteiger partial charge in [-0.2, -0.15) is 0 Å². The number of carbonyl (C=O) groups excluding carboxylic acids is 2. The van der Waals surface area contributed by atoms with Crippen molar-refractivity contribution in [2.75, 3.05) is 19.2 Å². The maximum absolute atomic E-state index is 12.2. The van der Waals surface area contributed by atoms with Crippen molar-refractivity contribution in [2.45, 2.75) is 6.92 Å². The van der Waals surface area contributed by atoms with Crippen molar-refractivity contribution in [3.63, 3.8) is 0 Å². The molecule has 1 N–H and O–H groups in total. The van der Waals surface area contributed by atoms with Gasteiger partial charge in [0, 0.05) is 17.7 Å². The van der Waals surface area contributed by atoms with Gasteiger partial charge in [-0.3, -0.25) is 9.59 Å². The number of nitrogens with one attached hydrogen (secondary N) is 1. The Morgan fingerprint density at radius 3 is 2.44 bits per heavy atom. The molecule has 2 aromatic carbocycles. The van der Waals surface area contributed by atoms with E-state index in [1.54, 1.807) is 25.3 Å². The van der Waals surface area contributed by atoms with Crippen molar-refractivity contribution in [3.8, 4) is 17.2 Å². The fourth-order valence-electron chi connectivity index (χ4n) is 2.40. The normalized spacial score (nSPS) is 12.2. The highest BCUT2D eigenvalue weighted by molar-refractivity contribution is 6.08. The predicted octanol–water partition coefficient (Wildman–Crippen LogP) is 3.28. The molecular weight excluding hydrogens is 322 g/mol. The highest BCUT2D eigenvalue weighted by Gasteiger charge is 2.19. The van der Waals surface area contributed by atoms with E-state index in [-0.39, 0.29) is 18.5 Å². The topological polar surface area (TPSA) is 73.9 Å². The van der Waals surface area contributed by atoms with Crippen molar-refractivity contribution in [2.24, 2.45) is 0 Å². The molecule has 0 bridgehead atoms. The van der Waals surface area contributed by atoms with Crippen molar-refractivity contribution < 1.29 is 23.8 Å². The summed E-state index contributed by atoms with van der Waals surface area (Å²) >= 11 is 0. The third kappa shape index (κ3) is 3.80. The first-order valence-corrected chi connectivity index (χ1v) is 7.64. The quantitative estimate of drug-likeness (QED) is 0.668. The van der Waals surface area contributed by atoms with Crippen molar-refractivity contribution in [1.29, 1.82) is 0 Å². The summed E-state index contributed by atoms with van der Waals surface area (Å²) in [6, 6.07) is 10.5. The lowest BCUT2D eigenvalue weighted by Crippen LogP contribution is -2.11. The number of ketones is 1. The lowest BCUT2D eigenvalue weighted by atomic mass is 10.1. The van der Waals surface area contributed by atoms with Crippen LogP contribution in [0.3, 0.4) is 0 Å². The Kier molecular flexibility index (Phi) is 4.70. The number of carbonyl (C=O) groups is 2. The van der Waals surface area contributed by atoms with Crippen LogP contribution in [0.15, 0.2) is 42.5 Å². The van der Waals surface area contributed by atoms with E-state index in [1.165, 1.54) is 13.0 Å². The van der Waals surface area contributed by atoms with Gasteiger partial charge >= 0.3 is 0 Å². The third-order valence-corrected chi connectivity index (χ3v) is 3.69. The predicted molar refractivity (Wildman–Crippen MR) is 93.2 cm³/mol. The molecule has 1 aliphatic heterocycles. The van der Waals surface area contributed by atoms with Crippen LogP contribution in [-0.4, -0.2) is 25.6 Å². The molecule has 25 heavy (non-hydrogen) atoms. The summed E-state index contributed by atoms with van der Waals surface area (Å²) in [5.74, 6) is 1.22. The number of ether oxygens (including phenoxy) is 3. The first-order valence-electron chi connectivity index (χ1n) is 7.64. The van der Waals surface area contributed by atoms with E-state index >= 15 is 0 Å². The van der Waals surface area contributed by atoms with Gasteiger partial charge in [0.05, 0.1) is 12.8 Å². The zero-order chi connectivity index (χ0) is 17.8. The average Bonchev–Trinajstić information content (AvgIpc) is 3.07. The number of Topliss-reactive ketones (excluding diaryl/α,β-unsaturated/α-hetero) is 1. The zero-order valence-electron chi connectivity index (χ0n) is 13.9. The van der Waals surface area contributed by atoms with Gasteiger partial charge < -0.3 is 19.5 Å². The minimum absolute atomic E-state index is 0.0987. The SMILES string of the molecule is COc1ccc(C=CC(=O)Nc2cc3c(cc2C(C)=O)OCO3)cc1. The van der Waals surface area contributed by atoms with Crippen LogP contribution in [-0.2, 0) is 4.79 Å². The fraction of sp³-hybridized carbons (Fsp3) is 0.158. The van der Waals surface area contributed by atoms with E-state index in [9.17, 15) is 9.59 Å². The first kappa shape index (κ1) is 16.6. The van der Waals surface area contributed by atoms with Gasteiger partial charge in [0.1, 0.15) is 5.75 Å². The molecule has 0 spiro atoms. The Bertz CT molecular complexity index is 840. The van der Waals surface area contributed by atoms with Gasteiger partial charge in [0.25, 0.3) is 0 Å². The van der Waals surface area contributed by atoms with Crippen molar-refractivity contribution in [3.05, 3.63) is 53.6 Å². The third-order valence-electron chi connectivity index (χ3n) is 3.69. The van der Waals surface area contributed by atoms with Crippen LogP contribution in [0.1, 0.15) is 22.8 Å². The highest BCUT2D eigenvalue weighted by Crippen LogP contribution is 2.37. The minimum Gasteiger partial charge on any atom is -0.497 e. The van der Waals surface area contributed by atoms with Crippen LogP contribution in [0.25, 0.3) is 6.08 Å². The van der Waals surface area contributed by atoms with E-state index in [0.717, 1.165) is 11.3 Å². The molecule has 6 nitrogen and oxygen atoms in total. The second-order valence-electron chi connectivity index (χ2n) is 5.40. The molecule has 128 valence electrons. The highest BCUT2D eigenvalue weighted by atomic mass is 16.7. The van der Waals surface area contributed by atoms with Crippen molar-refractivity contribution in [1.82, 2.24) is 0 Å². The monoisotopic (exact) mass is 339 g/mol. The molecule has 0 aliphatic carbocycles. The van der Waals surface area contributed by atoms with Crippen LogP contribution in [0.5, 0.6) is 17.2 Å². The summed E-state index contributed by atoms with van der Waals surface area (Å²) in [7, 11) is 1.59. The second kappa shape index (κ2) is 7.09. The first-order chi connectivity index (χ1) is 12.1. The number of benzene rings is 2. The summed E-state index contributed by atoms with van der Waals surface area (Å²) in [5, 5.41) is 2.71.